The zero-order chi connectivity index (χ0) is 11.5. The lowest BCUT2D eigenvalue weighted by atomic mass is 10.2. The molecule has 0 aliphatic rings. The second kappa shape index (κ2) is 6.20. The summed E-state index contributed by atoms with van der Waals surface area (Å²) in [6, 6.07) is 9.26. The highest BCUT2D eigenvalue weighted by atomic mass is 35.5. The Labute approximate surface area is 117 Å². The topological polar surface area (TPSA) is 16.4 Å². The number of benzene rings is 1. The van der Waals surface area contributed by atoms with Gasteiger partial charge in [-0.1, -0.05) is 29.3 Å². The molecule has 0 aliphatic carbocycles. The molecule has 0 unspecified atom stereocenters. The maximum Gasteiger partial charge on any atom is 0.195 e. The molecule has 1 aromatic carbocycles. The molecule has 0 aliphatic heterocycles. The largest absolute Gasteiger partial charge is 0.449 e. The maximum atomic E-state index is 6.09. The van der Waals surface area contributed by atoms with Crippen molar-refractivity contribution in [3.8, 4) is 0 Å². The van der Waals surface area contributed by atoms with Crippen LogP contribution in [0.1, 0.15) is 5.56 Å². The number of nitrogens with zero attached hydrogens (tertiary/aromatic N) is 1. The van der Waals surface area contributed by atoms with Crippen LogP contribution in [-0.2, 0) is 6.54 Å². The molecule has 2 rings (SSSR count). The third kappa shape index (κ3) is 3.56. The predicted molar refractivity (Wildman–Crippen MR) is 74.5 cm³/mol. The van der Waals surface area contributed by atoms with Gasteiger partial charge in [0.05, 0.1) is 6.26 Å². The van der Waals surface area contributed by atoms with Crippen molar-refractivity contribution in [1.29, 1.82) is 0 Å². The number of anilines is 1. The van der Waals surface area contributed by atoms with Gasteiger partial charge in [0.1, 0.15) is 0 Å². The molecule has 1 heterocycles. The first-order valence-electron chi connectivity index (χ1n) is 4.85. The van der Waals surface area contributed by atoms with Gasteiger partial charge in [0, 0.05) is 29.7 Å². The second-order valence-corrected chi connectivity index (χ2v) is 4.39. The van der Waals surface area contributed by atoms with Gasteiger partial charge in [-0.25, -0.2) is 0 Å². The van der Waals surface area contributed by atoms with Gasteiger partial charge in [0.2, 0.25) is 0 Å². The monoisotopic (exact) mass is 291 g/mol. The summed E-state index contributed by atoms with van der Waals surface area (Å²) in [5.74, 6) is 0.811. The van der Waals surface area contributed by atoms with Crippen molar-refractivity contribution < 1.29 is 4.42 Å². The van der Waals surface area contributed by atoms with Gasteiger partial charge in [0.25, 0.3) is 0 Å². The summed E-state index contributed by atoms with van der Waals surface area (Å²) in [6.07, 6.45) is 1.65. The standard InChI is InChI=1S/C12H11Cl2NO.ClH/c1-15(12-3-2-6-16-12)8-9-4-5-10(13)7-11(9)14;/h2-7H,8H2,1H3;1H. The van der Waals surface area contributed by atoms with Crippen LogP contribution < -0.4 is 4.90 Å². The Morgan fingerprint density at radius 3 is 2.59 bits per heavy atom. The minimum atomic E-state index is 0. The molecule has 0 saturated heterocycles. The first-order valence-corrected chi connectivity index (χ1v) is 5.61. The molecule has 0 N–H and O–H groups in total. The molecule has 2 nitrogen and oxygen atoms in total. The highest BCUT2D eigenvalue weighted by molar-refractivity contribution is 6.35. The summed E-state index contributed by atoms with van der Waals surface area (Å²) in [6.45, 7) is 0.684. The Morgan fingerprint density at radius 2 is 2.00 bits per heavy atom. The molecule has 92 valence electrons. The van der Waals surface area contributed by atoms with E-state index in [1.54, 1.807) is 12.3 Å². The highest BCUT2D eigenvalue weighted by Gasteiger charge is 2.07. The Kier molecular flexibility index (Phi) is 5.19. The fourth-order valence-corrected chi connectivity index (χ4v) is 1.94. The number of hydrogen-bond donors (Lipinski definition) is 0. The van der Waals surface area contributed by atoms with E-state index in [1.807, 2.05) is 36.2 Å². The Hall–Kier alpha value is -0.830. The Morgan fingerprint density at radius 1 is 1.24 bits per heavy atom. The second-order valence-electron chi connectivity index (χ2n) is 3.54. The van der Waals surface area contributed by atoms with Crippen LogP contribution >= 0.6 is 35.6 Å². The van der Waals surface area contributed by atoms with Crippen LogP contribution in [0.25, 0.3) is 0 Å². The number of rotatable bonds is 3. The SMILES string of the molecule is CN(Cc1ccc(Cl)cc1Cl)c1ccco1.Cl. The normalized spacial score (nSPS) is 9.82. The molecule has 17 heavy (non-hydrogen) atoms. The van der Waals surface area contributed by atoms with Gasteiger partial charge in [-0.2, -0.15) is 0 Å². The van der Waals surface area contributed by atoms with Gasteiger partial charge >= 0.3 is 0 Å². The summed E-state index contributed by atoms with van der Waals surface area (Å²) in [5.41, 5.74) is 1.02. The minimum Gasteiger partial charge on any atom is -0.449 e. The molecular formula is C12H12Cl3NO. The summed E-state index contributed by atoms with van der Waals surface area (Å²) >= 11 is 11.9. The van der Waals surface area contributed by atoms with Crippen LogP contribution in [0.5, 0.6) is 0 Å². The molecule has 0 atom stereocenters. The first kappa shape index (κ1) is 14.2. The number of furan rings is 1. The molecule has 1 aromatic heterocycles. The van der Waals surface area contributed by atoms with Crippen molar-refractivity contribution in [3.05, 3.63) is 52.2 Å². The lowest BCUT2D eigenvalue weighted by Gasteiger charge is -2.16. The van der Waals surface area contributed by atoms with E-state index in [4.69, 9.17) is 27.6 Å². The van der Waals surface area contributed by atoms with Gasteiger partial charge in [-0.15, -0.1) is 12.4 Å². The van der Waals surface area contributed by atoms with Crippen LogP contribution in [0.3, 0.4) is 0 Å². The van der Waals surface area contributed by atoms with Crippen molar-refractivity contribution in [2.45, 2.75) is 6.54 Å². The summed E-state index contributed by atoms with van der Waals surface area (Å²) in [5, 5.41) is 1.32. The van der Waals surface area contributed by atoms with Gasteiger partial charge < -0.3 is 9.32 Å². The van der Waals surface area contributed by atoms with Crippen LogP contribution in [0.2, 0.25) is 10.0 Å². The molecular weight excluding hydrogens is 280 g/mol. The van der Waals surface area contributed by atoms with E-state index >= 15 is 0 Å². The quantitative estimate of drug-likeness (QED) is 0.819. The van der Waals surface area contributed by atoms with Crippen LogP contribution in [-0.4, -0.2) is 7.05 Å². The van der Waals surface area contributed by atoms with Crippen molar-refractivity contribution >= 4 is 41.5 Å². The molecule has 0 saturated carbocycles. The zero-order valence-electron chi connectivity index (χ0n) is 9.19. The summed E-state index contributed by atoms with van der Waals surface area (Å²) < 4.78 is 5.29. The van der Waals surface area contributed by atoms with Gasteiger partial charge in [-0.3, -0.25) is 0 Å². The predicted octanol–water partition coefficient (Wildman–Crippen LogP) is 4.64. The Bertz CT molecular complexity index is 471. The lowest BCUT2D eigenvalue weighted by molar-refractivity contribution is 0.554. The van der Waals surface area contributed by atoms with E-state index in [2.05, 4.69) is 0 Å². The highest BCUT2D eigenvalue weighted by Crippen LogP contribution is 2.24. The van der Waals surface area contributed by atoms with E-state index in [1.165, 1.54) is 0 Å². The van der Waals surface area contributed by atoms with Crippen molar-refractivity contribution in [3.63, 3.8) is 0 Å². The molecule has 0 amide bonds. The Balaban J connectivity index is 0.00000144. The molecule has 0 bridgehead atoms. The number of halogens is 3. The van der Waals surface area contributed by atoms with Crippen LogP contribution in [0, 0.1) is 0 Å². The van der Waals surface area contributed by atoms with E-state index in [-0.39, 0.29) is 12.4 Å². The van der Waals surface area contributed by atoms with E-state index < -0.39 is 0 Å². The third-order valence-corrected chi connectivity index (χ3v) is 2.89. The summed E-state index contributed by atoms with van der Waals surface area (Å²) in [4.78, 5) is 1.98. The number of hydrogen-bond acceptors (Lipinski definition) is 2. The zero-order valence-corrected chi connectivity index (χ0v) is 11.5. The van der Waals surface area contributed by atoms with E-state index in [9.17, 15) is 0 Å². The molecule has 0 radical (unpaired) electrons. The smallest absolute Gasteiger partial charge is 0.195 e. The first-order chi connectivity index (χ1) is 7.66. The van der Waals surface area contributed by atoms with Crippen LogP contribution in [0.4, 0.5) is 5.88 Å². The van der Waals surface area contributed by atoms with E-state index in [0.29, 0.717) is 16.6 Å². The molecule has 5 heteroatoms. The summed E-state index contributed by atoms with van der Waals surface area (Å²) in [7, 11) is 1.95. The van der Waals surface area contributed by atoms with Crippen molar-refractivity contribution in [1.82, 2.24) is 0 Å². The maximum absolute atomic E-state index is 6.09. The van der Waals surface area contributed by atoms with Crippen molar-refractivity contribution in [2.24, 2.45) is 0 Å². The average Bonchev–Trinajstić information content (AvgIpc) is 2.75. The molecule has 2 aromatic rings. The molecule has 0 fully saturated rings. The fourth-order valence-electron chi connectivity index (χ4n) is 1.47. The average molecular weight is 293 g/mol. The van der Waals surface area contributed by atoms with Gasteiger partial charge in [-0.05, 0) is 23.8 Å². The van der Waals surface area contributed by atoms with E-state index in [0.717, 1.165) is 11.4 Å². The molecule has 0 spiro atoms. The third-order valence-electron chi connectivity index (χ3n) is 2.31. The van der Waals surface area contributed by atoms with Crippen LogP contribution in [0.15, 0.2) is 41.0 Å². The van der Waals surface area contributed by atoms with Crippen molar-refractivity contribution in [2.75, 3.05) is 11.9 Å². The minimum absolute atomic E-state index is 0. The lowest BCUT2D eigenvalue weighted by Crippen LogP contribution is -2.15. The van der Waals surface area contributed by atoms with Gasteiger partial charge in [0.15, 0.2) is 5.88 Å². The fraction of sp³-hybridized carbons (Fsp3) is 0.167.